The second kappa shape index (κ2) is 9.02. The average Bonchev–Trinajstić information content (AvgIpc) is 3.40. The molecule has 5 aromatic rings. The van der Waals surface area contributed by atoms with Gasteiger partial charge in [0.2, 0.25) is 0 Å². The summed E-state index contributed by atoms with van der Waals surface area (Å²) in [5, 5.41) is 11.1. The Balaban J connectivity index is 1.52. The summed E-state index contributed by atoms with van der Waals surface area (Å²) in [7, 11) is 0. The van der Waals surface area contributed by atoms with E-state index in [-0.39, 0.29) is 11.5 Å². The second-order valence-electron chi connectivity index (χ2n) is 7.36. The summed E-state index contributed by atoms with van der Waals surface area (Å²) in [6.07, 6.45) is 3.41. The van der Waals surface area contributed by atoms with Gasteiger partial charge in [-0.1, -0.05) is 53.2 Å². The van der Waals surface area contributed by atoms with Crippen LogP contribution < -0.4 is 0 Å². The molecule has 0 fully saturated rings. The van der Waals surface area contributed by atoms with Gasteiger partial charge in [-0.15, -0.1) is 10.2 Å². The van der Waals surface area contributed by atoms with E-state index < -0.39 is 0 Å². The fourth-order valence-corrected chi connectivity index (χ4v) is 4.86. The molecule has 3 aromatic heterocycles. The van der Waals surface area contributed by atoms with Gasteiger partial charge in [-0.05, 0) is 43.3 Å². The average molecular weight is 494 g/mol. The SMILES string of the molecule is Cc1[nH]c2ccccc2c1C(=O)CSc1nnc(-c2cccnc2)n1-c1ccc(Cl)c(Cl)c1. The van der Waals surface area contributed by atoms with E-state index >= 15 is 0 Å². The molecular weight excluding hydrogens is 477 g/mol. The number of Topliss-reactive ketones (excluding diaryl/α,β-unsaturated/α-hetero) is 1. The first-order valence-electron chi connectivity index (χ1n) is 10.1. The van der Waals surface area contributed by atoms with Crippen molar-refractivity contribution < 1.29 is 4.79 Å². The maximum Gasteiger partial charge on any atom is 0.196 e. The Bertz CT molecular complexity index is 1480. The Labute approximate surface area is 204 Å². The standard InChI is InChI=1S/C24H17Cl2N5OS/c1-14-22(17-6-2-3-7-20(17)28-14)21(32)13-33-24-30-29-23(15-5-4-10-27-12-15)31(24)16-8-9-18(25)19(26)11-16/h2-12,28H,13H2,1H3. The number of nitrogens with zero attached hydrogens (tertiary/aromatic N) is 4. The van der Waals surface area contributed by atoms with Crippen molar-refractivity contribution in [3.8, 4) is 17.1 Å². The van der Waals surface area contributed by atoms with Gasteiger partial charge < -0.3 is 4.98 Å². The number of aromatic amines is 1. The number of rotatable bonds is 6. The second-order valence-corrected chi connectivity index (χ2v) is 9.12. The van der Waals surface area contributed by atoms with E-state index in [0.29, 0.717) is 26.6 Å². The van der Waals surface area contributed by atoms with Crippen LogP contribution in [0.3, 0.4) is 0 Å². The Kier molecular flexibility index (Phi) is 5.93. The highest BCUT2D eigenvalue weighted by Crippen LogP contribution is 2.32. The summed E-state index contributed by atoms with van der Waals surface area (Å²) < 4.78 is 1.86. The predicted molar refractivity (Wildman–Crippen MR) is 133 cm³/mol. The molecule has 9 heteroatoms. The molecule has 0 spiro atoms. The van der Waals surface area contributed by atoms with Crippen LogP contribution in [0.25, 0.3) is 28.0 Å². The highest BCUT2D eigenvalue weighted by Gasteiger charge is 2.21. The number of nitrogens with one attached hydrogen (secondary N) is 1. The molecule has 0 aliphatic carbocycles. The number of hydrogen-bond donors (Lipinski definition) is 1. The molecule has 0 amide bonds. The lowest BCUT2D eigenvalue weighted by molar-refractivity contribution is 0.102. The van der Waals surface area contributed by atoms with E-state index in [1.807, 2.05) is 54.0 Å². The molecule has 3 heterocycles. The van der Waals surface area contributed by atoms with Crippen LogP contribution in [0.2, 0.25) is 10.0 Å². The third-order valence-electron chi connectivity index (χ3n) is 5.22. The summed E-state index contributed by atoms with van der Waals surface area (Å²) in [5.41, 5.74) is 4.03. The highest BCUT2D eigenvalue weighted by atomic mass is 35.5. The van der Waals surface area contributed by atoms with Crippen molar-refractivity contribution in [2.45, 2.75) is 12.1 Å². The third-order valence-corrected chi connectivity index (χ3v) is 6.89. The zero-order valence-electron chi connectivity index (χ0n) is 17.4. The Morgan fingerprint density at radius 1 is 1.06 bits per heavy atom. The first-order valence-corrected chi connectivity index (χ1v) is 11.8. The van der Waals surface area contributed by atoms with Gasteiger partial charge in [0.15, 0.2) is 16.8 Å². The fourth-order valence-electron chi connectivity index (χ4n) is 3.74. The maximum absolute atomic E-state index is 13.2. The Hall–Kier alpha value is -3.13. The van der Waals surface area contributed by atoms with Crippen molar-refractivity contribution in [3.05, 3.63) is 88.3 Å². The topological polar surface area (TPSA) is 76.5 Å². The van der Waals surface area contributed by atoms with Crippen LogP contribution >= 0.6 is 35.0 Å². The van der Waals surface area contributed by atoms with Crippen molar-refractivity contribution in [2.24, 2.45) is 0 Å². The third kappa shape index (κ3) is 4.15. The largest absolute Gasteiger partial charge is 0.358 e. The van der Waals surface area contributed by atoms with Gasteiger partial charge >= 0.3 is 0 Å². The monoisotopic (exact) mass is 493 g/mol. The lowest BCUT2D eigenvalue weighted by Crippen LogP contribution is -2.06. The highest BCUT2D eigenvalue weighted by molar-refractivity contribution is 7.99. The molecule has 5 rings (SSSR count). The molecule has 0 saturated heterocycles. The van der Waals surface area contributed by atoms with E-state index in [9.17, 15) is 4.79 Å². The molecule has 6 nitrogen and oxygen atoms in total. The first kappa shape index (κ1) is 21.7. The van der Waals surface area contributed by atoms with E-state index in [4.69, 9.17) is 23.2 Å². The van der Waals surface area contributed by atoms with Crippen molar-refractivity contribution in [1.29, 1.82) is 0 Å². The number of pyridine rings is 1. The van der Waals surface area contributed by atoms with Crippen LogP contribution in [-0.4, -0.2) is 36.3 Å². The molecule has 0 unspecified atom stereocenters. The lowest BCUT2D eigenvalue weighted by Gasteiger charge is -2.11. The van der Waals surface area contributed by atoms with Gasteiger partial charge in [0.1, 0.15) is 0 Å². The number of thioether (sulfide) groups is 1. The number of hydrogen-bond acceptors (Lipinski definition) is 5. The van der Waals surface area contributed by atoms with Crippen LogP contribution in [0.1, 0.15) is 16.1 Å². The normalized spacial score (nSPS) is 11.2. The van der Waals surface area contributed by atoms with Gasteiger partial charge in [-0.2, -0.15) is 0 Å². The molecule has 0 saturated carbocycles. The van der Waals surface area contributed by atoms with Crippen molar-refractivity contribution >= 4 is 51.6 Å². The van der Waals surface area contributed by atoms with Crippen LogP contribution in [-0.2, 0) is 0 Å². The summed E-state index contributed by atoms with van der Waals surface area (Å²) in [5.74, 6) is 0.816. The number of carbonyl (C=O) groups excluding carboxylic acids is 1. The molecule has 0 radical (unpaired) electrons. The molecule has 2 aromatic carbocycles. The minimum absolute atomic E-state index is 0.0153. The van der Waals surface area contributed by atoms with Gasteiger partial charge in [0.25, 0.3) is 0 Å². The summed E-state index contributed by atoms with van der Waals surface area (Å²) >= 11 is 13.7. The number of para-hydroxylation sites is 1. The number of fused-ring (bicyclic) bond motifs is 1. The number of aryl methyl sites for hydroxylation is 1. The summed E-state index contributed by atoms with van der Waals surface area (Å²) in [4.78, 5) is 20.7. The molecule has 0 bridgehead atoms. The van der Waals surface area contributed by atoms with E-state index in [0.717, 1.165) is 27.8 Å². The van der Waals surface area contributed by atoms with Gasteiger partial charge in [-0.3, -0.25) is 14.3 Å². The Morgan fingerprint density at radius 2 is 1.91 bits per heavy atom. The van der Waals surface area contributed by atoms with Crippen LogP contribution in [0, 0.1) is 6.92 Å². The zero-order valence-corrected chi connectivity index (χ0v) is 19.7. The number of aromatic nitrogens is 5. The van der Waals surface area contributed by atoms with Gasteiger partial charge in [0.05, 0.1) is 21.5 Å². The van der Waals surface area contributed by atoms with Gasteiger partial charge in [0, 0.05) is 40.1 Å². The Morgan fingerprint density at radius 3 is 2.70 bits per heavy atom. The first-order chi connectivity index (χ1) is 16.0. The van der Waals surface area contributed by atoms with Crippen LogP contribution in [0.5, 0.6) is 0 Å². The van der Waals surface area contributed by atoms with Gasteiger partial charge in [-0.25, -0.2) is 0 Å². The number of carbonyl (C=O) groups is 1. The smallest absolute Gasteiger partial charge is 0.196 e. The van der Waals surface area contributed by atoms with Crippen LogP contribution in [0.15, 0.2) is 72.1 Å². The quantitative estimate of drug-likeness (QED) is 0.218. The minimum atomic E-state index is 0.0153. The maximum atomic E-state index is 13.2. The zero-order chi connectivity index (χ0) is 22.9. The van der Waals surface area contributed by atoms with Crippen molar-refractivity contribution in [2.75, 3.05) is 5.75 Å². The van der Waals surface area contributed by atoms with Crippen molar-refractivity contribution in [3.63, 3.8) is 0 Å². The molecule has 1 N–H and O–H groups in total. The minimum Gasteiger partial charge on any atom is -0.358 e. The molecule has 33 heavy (non-hydrogen) atoms. The van der Waals surface area contributed by atoms with E-state index in [2.05, 4.69) is 20.2 Å². The molecule has 0 aliphatic rings. The molecular formula is C24H17Cl2N5OS. The lowest BCUT2D eigenvalue weighted by atomic mass is 10.1. The number of halogens is 2. The van der Waals surface area contributed by atoms with Crippen LogP contribution in [0.4, 0.5) is 0 Å². The molecule has 0 atom stereocenters. The number of H-pyrrole nitrogens is 1. The van der Waals surface area contributed by atoms with Crippen molar-refractivity contribution in [1.82, 2.24) is 24.7 Å². The summed E-state index contributed by atoms with van der Waals surface area (Å²) in [6.45, 7) is 1.91. The molecule has 164 valence electrons. The number of ketones is 1. The fraction of sp³-hybridized carbons (Fsp3) is 0.0833. The van der Waals surface area contributed by atoms with E-state index in [1.54, 1.807) is 24.5 Å². The van der Waals surface area contributed by atoms with E-state index in [1.165, 1.54) is 11.8 Å². The predicted octanol–water partition coefficient (Wildman–Crippen LogP) is 6.40. The summed E-state index contributed by atoms with van der Waals surface area (Å²) in [6, 6.07) is 16.8. The number of benzene rings is 2. The molecule has 0 aliphatic heterocycles.